The Morgan fingerprint density at radius 1 is 1.22 bits per heavy atom. The topological polar surface area (TPSA) is 65.0 Å². The number of nitrogens with zero attached hydrogens (tertiary/aromatic N) is 1. The van der Waals surface area contributed by atoms with Gasteiger partial charge >= 0.3 is 12.1 Å². The molecule has 0 amide bonds. The number of esters is 1. The van der Waals surface area contributed by atoms with Gasteiger partial charge in [0.05, 0.1) is 19.3 Å². The summed E-state index contributed by atoms with van der Waals surface area (Å²) >= 11 is 0. The number of benzene rings is 1. The zero-order valence-corrected chi connectivity index (χ0v) is 14.4. The number of aliphatic imine (C=N–C) groups is 1. The van der Waals surface area contributed by atoms with E-state index >= 15 is 0 Å². The molecule has 0 bridgehead atoms. The van der Waals surface area contributed by atoms with Crippen LogP contribution in [0, 0.1) is 23.4 Å². The Labute approximate surface area is 150 Å². The van der Waals surface area contributed by atoms with E-state index < -0.39 is 58.7 Å². The summed E-state index contributed by atoms with van der Waals surface area (Å²) in [5.74, 6) is -11.1. The van der Waals surface area contributed by atoms with Gasteiger partial charge in [-0.2, -0.15) is 17.6 Å². The van der Waals surface area contributed by atoms with Gasteiger partial charge in [0.1, 0.15) is 6.04 Å². The van der Waals surface area contributed by atoms with Crippen molar-refractivity contribution in [1.82, 2.24) is 0 Å². The summed E-state index contributed by atoms with van der Waals surface area (Å²) in [6.45, 7) is 1.77. The van der Waals surface area contributed by atoms with Crippen molar-refractivity contribution in [3.05, 3.63) is 29.1 Å². The fourth-order valence-corrected chi connectivity index (χ4v) is 1.87. The largest absolute Gasteiger partial charge is 0.491 e. The Balaban J connectivity index is 3.39. The molecule has 0 saturated carbocycles. The van der Waals surface area contributed by atoms with Crippen molar-refractivity contribution in [3.8, 4) is 5.75 Å². The van der Waals surface area contributed by atoms with Gasteiger partial charge in [0.2, 0.25) is 5.82 Å². The number of carbonyl (C=O) groups excluding carboxylic acids is 2. The van der Waals surface area contributed by atoms with Crippen LogP contribution in [-0.4, -0.2) is 43.9 Å². The van der Waals surface area contributed by atoms with Crippen LogP contribution in [0.4, 0.5) is 26.3 Å². The highest BCUT2D eigenvalue weighted by Gasteiger charge is 2.37. The van der Waals surface area contributed by atoms with Crippen LogP contribution in [-0.2, 0) is 9.53 Å². The summed E-state index contributed by atoms with van der Waals surface area (Å²) in [5.41, 5.74) is -1.10. The van der Waals surface area contributed by atoms with Gasteiger partial charge in [-0.15, -0.1) is 0 Å². The SMILES string of the molecule is CCOC(=O)C(C=N[C@H](C)C(F)(F)F)C(=O)c1cc(F)c(F)c(OC)c1F. The minimum Gasteiger partial charge on any atom is -0.491 e. The standard InChI is InChI=1S/C16H15F6NO4/c1-4-27-15(25)9(6-23-7(2)16(20,21)22)13(24)8-5-10(17)12(19)14(26-3)11(8)18/h5-7,9H,4H2,1-3H3/t7-,9?/m1/s1. The van der Waals surface area contributed by atoms with Gasteiger partial charge in [-0.25, -0.2) is 8.78 Å². The number of hydrogen-bond acceptors (Lipinski definition) is 5. The minimum atomic E-state index is -4.75. The van der Waals surface area contributed by atoms with Gasteiger partial charge in [-0.1, -0.05) is 0 Å². The van der Waals surface area contributed by atoms with Crippen LogP contribution in [0.25, 0.3) is 0 Å². The van der Waals surface area contributed by atoms with Crippen LogP contribution in [0.15, 0.2) is 11.1 Å². The predicted octanol–water partition coefficient (Wildman–Crippen LogP) is 3.50. The molecule has 0 saturated heterocycles. The summed E-state index contributed by atoms with van der Waals surface area (Å²) in [6, 6.07) is -2.10. The quantitative estimate of drug-likeness (QED) is 0.176. The molecule has 2 atom stereocenters. The van der Waals surface area contributed by atoms with Crippen LogP contribution >= 0.6 is 0 Å². The minimum absolute atomic E-state index is 0.169. The van der Waals surface area contributed by atoms with Crippen molar-refractivity contribution < 1.29 is 45.4 Å². The summed E-state index contributed by atoms with van der Waals surface area (Å²) in [7, 11) is 0.810. The van der Waals surface area contributed by atoms with Gasteiger partial charge in [-0.05, 0) is 19.9 Å². The number of alkyl halides is 3. The van der Waals surface area contributed by atoms with Crippen LogP contribution in [0.1, 0.15) is 24.2 Å². The number of hydrogen-bond donors (Lipinski definition) is 0. The molecule has 150 valence electrons. The third kappa shape index (κ3) is 5.20. The lowest BCUT2D eigenvalue weighted by atomic mass is 9.97. The van der Waals surface area contributed by atoms with Crippen molar-refractivity contribution in [3.63, 3.8) is 0 Å². The third-order valence-corrected chi connectivity index (χ3v) is 3.34. The highest BCUT2D eigenvalue weighted by atomic mass is 19.4. The van der Waals surface area contributed by atoms with Crippen molar-refractivity contribution >= 4 is 18.0 Å². The van der Waals surface area contributed by atoms with Crippen LogP contribution in [0.3, 0.4) is 0 Å². The molecule has 0 radical (unpaired) electrons. The summed E-state index contributed by atoms with van der Waals surface area (Å²) in [6.07, 6.45) is -4.42. The van der Waals surface area contributed by atoms with Gasteiger partial charge in [-0.3, -0.25) is 14.6 Å². The number of carbonyl (C=O) groups is 2. The maximum Gasteiger partial charge on any atom is 0.410 e. The zero-order chi connectivity index (χ0) is 20.9. The fraction of sp³-hybridized carbons (Fsp3) is 0.438. The maximum atomic E-state index is 14.2. The smallest absolute Gasteiger partial charge is 0.410 e. The lowest BCUT2D eigenvalue weighted by Gasteiger charge is -2.15. The average Bonchev–Trinajstić information content (AvgIpc) is 2.57. The molecule has 0 aromatic heterocycles. The van der Waals surface area contributed by atoms with Crippen molar-refractivity contribution in [2.75, 3.05) is 13.7 Å². The predicted molar refractivity (Wildman–Crippen MR) is 81.3 cm³/mol. The normalized spacial score (nSPS) is 14.1. The van der Waals surface area contributed by atoms with Crippen LogP contribution in [0.2, 0.25) is 0 Å². The number of halogens is 6. The van der Waals surface area contributed by atoms with Gasteiger partial charge in [0, 0.05) is 6.21 Å². The third-order valence-electron chi connectivity index (χ3n) is 3.34. The molecule has 1 rings (SSSR count). The van der Waals surface area contributed by atoms with Crippen LogP contribution in [0.5, 0.6) is 5.75 Å². The fourth-order valence-electron chi connectivity index (χ4n) is 1.87. The van der Waals surface area contributed by atoms with Crippen molar-refractivity contribution in [2.24, 2.45) is 10.9 Å². The summed E-state index contributed by atoms with van der Waals surface area (Å²) < 4.78 is 87.8. The lowest BCUT2D eigenvalue weighted by Crippen LogP contribution is -2.31. The molecule has 0 fully saturated rings. The highest BCUT2D eigenvalue weighted by Crippen LogP contribution is 2.29. The molecule has 1 aromatic carbocycles. The van der Waals surface area contributed by atoms with Gasteiger partial charge < -0.3 is 9.47 Å². The molecular formula is C16H15F6NO4. The molecule has 27 heavy (non-hydrogen) atoms. The Morgan fingerprint density at radius 2 is 1.81 bits per heavy atom. The zero-order valence-electron chi connectivity index (χ0n) is 14.4. The van der Waals surface area contributed by atoms with Gasteiger partial charge in [0.25, 0.3) is 0 Å². The first-order valence-electron chi connectivity index (χ1n) is 7.47. The van der Waals surface area contributed by atoms with E-state index in [4.69, 9.17) is 0 Å². The summed E-state index contributed by atoms with van der Waals surface area (Å²) in [4.78, 5) is 27.4. The molecule has 0 spiro atoms. The molecule has 11 heteroatoms. The van der Waals surface area contributed by atoms with Crippen molar-refractivity contribution in [1.29, 1.82) is 0 Å². The maximum absolute atomic E-state index is 14.2. The van der Waals surface area contributed by atoms with E-state index in [9.17, 15) is 35.9 Å². The average molecular weight is 399 g/mol. The number of Topliss-reactive ketones (excluding diaryl/α,β-unsaturated/α-hetero) is 1. The Morgan fingerprint density at radius 3 is 2.30 bits per heavy atom. The first-order valence-corrected chi connectivity index (χ1v) is 7.47. The summed E-state index contributed by atoms with van der Waals surface area (Å²) in [5, 5.41) is 0. The monoisotopic (exact) mass is 399 g/mol. The molecule has 0 heterocycles. The molecule has 0 aliphatic carbocycles. The Bertz CT molecular complexity index is 747. The molecule has 0 aliphatic heterocycles. The molecule has 1 unspecified atom stereocenters. The Hall–Kier alpha value is -2.59. The second-order valence-electron chi connectivity index (χ2n) is 5.18. The molecule has 1 aromatic rings. The van der Waals surface area contributed by atoms with E-state index in [1.54, 1.807) is 0 Å². The highest BCUT2D eigenvalue weighted by molar-refractivity contribution is 6.18. The molecule has 5 nitrogen and oxygen atoms in total. The second kappa shape index (κ2) is 8.87. The second-order valence-corrected chi connectivity index (χ2v) is 5.18. The van der Waals surface area contributed by atoms with E-state index in [-0.39, 0.29) is 12.7 Å². The van der Waals surface area contributed by atoms with Crippen LogP contribution < -0.4 is 4.74 Å². The van der Waals surface area contributed by atoms with E-state index in [0.717, 1.165) is 7.11 Å². The first-order chi connectivity index (χ1) is 12.4. The number of methoxy groups -OCH3 is 1. The molecule has 0 N–H and O–H groups in total. The lowest BCUT2D eigenvalue weighted by molar-refractivity contribution is -0.145. The van der Waals surface area contributed by atoms with E-state index in [2.05, 4.69) is 14.5 Å². The van der Waals surface area contributed by atoms with E-state index in [1.807, 2.05) is 0 Å². The van der Waals surface area contributed by atoms with Gasteiger partial charge in [0.15, 0.2) is 29.1 Å². The number of ketones is 1. The molecular weight excluding hydrogens is 384 g/mol. The van der Waals surface area contributed by atoms with Crippen molar-refractivity contribution in [2.45, 2.75) is 26.1 Å². The number of ether oxygens (including phenoxy) is 2. The molecule has 0 aliphatic rings. The Kier molecular flexibility index (Phi) is 7.37. The number of rotatable bonds is 7. The van der Waals surface area contributed by atoms with E-state index in [1.165, 1.54) is 6.92 Å². The first kappa shape index (κ1) is 22.5. The van der Waals surface area contributed by atoms with E-state index in [0.29, 0.717) is 13.1 Å².